The second kappa shape index (κ2) is 7.69. The Hall–Kier alpha value is -3.16. The number of rotatable bonds is 6. The number of H-pyrrole nitrogens is 1. The topological polar surface area (TPSA) is 76.5 Å². The summed E-state index contributed by atoms with van der Waals surface area (Å²) < 4.78 is 29.8. The number of aromatic amines is 1. The standard InChI is InChI=1S/C21H21F2N5O/c1-12(2)4-3-5-16-26-20-21(25-9-8-24-20)28(16)11-13-10-17(29)27-19-14(13)6-7-15(22)18(19)23/h6-10,12H,3-5,11H2,1-2H3,(H,27,29). The third-order valence-corrected chi connectivity index (χ3v) is 4.97. The minimum atomic E-state index is -1.06. The molecule has 0 aliphatic carbocycles. The van der Waals surface area contributed by atoms with Gasteiger partial charge in [-0.2, -0.15) is 0 Å². The molecule has 150 valence electrons. The fourth-order valence-electron chi connectivity index (χ4n) is 3.56. The number of imidazole rings is 1. The van der Waals surface area contributed by atoms with E-state index in [0.29, 0.717) is 28.2 Å². The number of pyridine rings is 1. The minimum Gasteiger partial charge on any atom is -0.319 e. The smallest absolute Gasteiger partial charge is 0.248 e. The van der Waals surface area contributed by atoms with Crippen molar-refractivity contribution in [3.63, 3.8) is 0 Å². The van der Waals surface area contributed by atoms with Crippen LogP contribution in [-0.4, -0.2) is 24.5 Å². The van der Waals surface area contributed by atoms with Crippen molar-refractivity contribution < 1.29 is 8.78 Å². The predicted octanol–water partition coefficient (Wildman–Crippen LogP) is 3.97. The second-order valence-corrected chi connectivity index (χ2v) is 7.55. The maximum atomic E-state index is 14.2. The number of aromatic nitrogens is 5. The first-order valence-electron chi connectivity index (χ1n) is 9.60. The Morgan fingerprint density at radius 2 is 1.97 bits per heavy atom. The van der Waals surface area contributed by atoms with Gasteiger partial charge in [0.05, 0.1) is 12.1 Å². The molecule has 0 radical (unpaired) electrons. The van der Waals surface area contributed by atoms with E-state index < -0.39 is 17.2 Å². The summed E-state index contributed by atoms with van der Waals surface area (Å²) in [5.41, 5.74) is 1.07. The van der Waals surface area contributed by atoms with E-state index in [-0.39, 0.29) is 12.1 Å². The van der Waals surface area contributed by atoms with Crippen LogP contribution < -0.4 is 5.56 Å². The molecule has 0 spiro atoms. The number of fused-ring (bicyclic) bond motifs is 2. The summed E-state index contributed by atoms with van der Waals surface area (Å²) in [6.07, 6.45) is 5.92. The number of halogens is 2. The molecule has 4 aromatic rings. The Morgan fingerprint density at radius 1 is 1.17 bits per heavy atom. The van der Waals surface area contributed by atoms with Gasteiger partial charge in [-0.15, -0.1) is 0 Å². The summed E-state index contributed by atoms with van der Waals surface area (Å²) in [5, 5.41) is 0.447. The van der Waals surface area contributed by atoms with Gasteiger partial charge in [-0.3, -0.25) is 4.79 Å². The lowest BCUT2D eigenvalue weighted by molar-refractivity contribution is 0.515. The van der Waals surface area contributed by atoms with Gasteiger partial charge in [-0.25, -0.2) is 23.7 Å². The fourth-order valence-corrected chi connectivity index (χ4v) is 3.56. The zero-order chi connectivity index (χ0) is 20.5. The second-order valence-electron chi connectivity index (χ2n) is 7.55. The quantitative estimate of drug-likeness (QED) is 0.534. The average molecular weight is 397 g/mol. The molecule has 0 saturated heterocycles. The average Bonchev–Trinajstić information content (AvgIpc) is 3.02. The van der Waals surface area contributed by atoms with Crippen molar-refractivity contribution in [2.75, 3.05) is 0 Å². The van der Waals surface area contributed by atoms with E-state index in [1.165, 1.54) is 12.1 Å². The molecule has 3 aromatic heterocycles. The summed E-state index contributed by atoms with van der Waals surface area (Å²) in [4.78, 5) is 27.8. The highest BCUT2D eigenvalue weighted by Crippen LogP contribution is 2.23. The fraction of sp³-hybridized carbons (Fsp3) is 0.333. The van der Waals surface area contributed by atoms with Crippen LogP contribution in [0.25, 0.3) is 22.2 Å². The highest BCUT2D eigenvalue weighted by molar-refractivity contribution is 5.82. The van der Waals surface area contributed by atoms with E-state index >= 15 is 0 Å². The molecule has 0 aliphatic rings. The van der Waals surface area contributed by atoms with Crippen molar-refractivity contribution in [2.24, 2.45) is 5.92 Å². The molecule has 0 amide bonds. The van der Waals surface area contributed by atoms with E-state index in [1.54, 1.807) is 12.4 Å². The molecule has 0 bridgehead atoms. The van der Waals surface area contributed by atoms with Crippen molar-refractivity contribution >= 4 is 22.2 Å². The van der Waals surface area contributed by atoms with Gasteiger partial charge in [0.1, 0.15) is 5.82 Å². The first-order valence-corrected chi connectivity index (χ1v) is 9.60. The summed E-state index contributed by atoms with van der Waals surface area (Å²) in [5.74, 6) is -0.672. The summed E-state index contributed by atoms with van der Waals surface area (Å²) in [6, 6.07) is 3.94. The van der Waals surface area contributed by atoms with Crippen molar-refractivity contribution in [3.8, 4) is 0 Å². The Kier molecular flexibility index (Phi) is 5.08. The molecule has 29 heavy (non-hydrogen) atoms. The molecular weight excluding hydrogens is 376 g/mol. The van der Waals surface area contributed by atoms with Crippen LogP contribution >= 0.6 is 0 Å². The van der Waals surface area contributed by atoms with E-state index in [1.807, 2.05) is 4.57 Å². The van der Waals surface area contributed by atoms with Crippen LogP contribution in [0.3, 0.4) is 0 Å². The van der Waals surface area contributed by atoms with Gasteiger partial charge in [-0.1, -0.05) is 20.3 Å². The van der Waals surface area contributed by atoms with Crippen LogP contribution in [0.1, 0.15) is 38.1 Å². The van der Waals surface area contributed by atoms with Crippen LogP contribution in [0, 0.1) is 17.6 Å². The predicted molar refractivity (Wildman–Crippen MR) is 107 cm³/mol. The van der Waals surface area contributed by atoms with Gasteiger partial charge in [0.15, 0.2) is 22.9 Å². The normalized spacial score (nSPS) is 11.8. The van der Waals surface area contributed by atoms with Crippen molar-refractivity contribution in [2.45, 2.75) is 39.7 Å². The van der Waals surface area contributed by atoms with E-state index in [2.05, 4.69) is 33.8 Å². The Labute approximate surface area is 165 Å². The van der Waals surface area contributed by atoms with Gasteiger partial charge >= 0.3 is 0 Å². The van der Waals surface area contributed by atoms with Gasteiger partial charge in [0.2, 0.25) is 5.56 Å². The Morgan fingerprint density at radius 3 is 2.76 bits per heavy atom. The maximum absolute atomic E-state index is 14.2. The first kappa shape index (κ1) is 19.2. The number of aryl methyl sites for hydroxylation is 1. The molecule has 3 heterocycles. The van der Waals surface area contributed by atoms with E-state index in [9.17, 15) is 13.6 Å². The molecular formula is C21H21F2N5O. The monoisotopic (exact) mass is 397 g/mol. The third kappa shape index (κ3) is 3.74. The number of hydrogen-bond acceptors (Lipinski definition) is 4. The number of nitrogens with zero attached hydrogens (tertiary/aromatic N) is 4. The zero-order valence-electron chi connectivity index (χ0n) is 16.2. The molecule has 6 nitrogen and oxygen atoms in total. The SMILES string of the molecule is CC(C)CCCc1nc2nccnc2n1Cc1cc(=O)[nH]c2c(F)c(F)ccc12. The van der Waals surface area contributed by atoms with E-state index in [0.717, 1.165) is 31.2 Å². The largest absolute Gasteiger partial charge is 0.319 e. The van der Waals surface area contributed by atoms with Crippen LogP contribution in [0.5, 0.6) is 0 Å². The number of hydrogen-bond donors (Lipinski definition) is 1. The molecule has 0 aliphatic heterocycles. The summed E-state index contributed by atoms with van der Waals surface area (Å²) >= 11 is 0. The highest BCUT2D eigenvalue weighted by Gasteiger charge is 2.17. The van der Waals surface area contributed by atoms with Gasteiger partial charge in [0.25, 0.3) is 0 Å². The number of nitrogens with one attached hydrogen (secondary N) is 1. The lowest BCUT2D eigenvalue weighted by Crippen LogP contribution is -2.13. The molecule has 0 atom stereocenters. The highest BCUT2D eigenvalue weighted by atomic mass is 19.2. The van der Waals surface area contributed by atoms with Gasteiger partial charge < -0.3 is 9.55 Å². The Balaban J connectivity index is 1.82. The number of benzene rings is 1. The van der Waals surface area contributed by atoms with Crippen molar-refractivity contribution in [1.82, 2.24) is 24.5 Å². The van der Waals surface area contributed by atoms with Crippen LogP contribution in [0.4, 0.5) is 8.78 Å². The minimum absolute atomic E-state index is 0.135. The lowest BCUT2D eigenvalue weighted by Gasteiger charge is -2.12. The molecule has 0 fully saturated rings. The molecule has 8 heteroatoms. The molecule has 1 N–H and O–H groups in total. The summed E-state index contributed by atoms with van der Waals surface area (Å²) in [7, 11) is 0. The third-order valence-electron chi connectivity index (χ3n) is 4.97. The van der Waals surface area contributed by atoms with Gasteiger partial charge in [0, 0.05) is 30.3 Å². The van der Waals surface area contributed by atoms with Gasteiger partial charge in [-0.05, 0) is 30.0 Å². The first-order chi connectivity index (χ1) is 13.9. The maximum Gasteiger partial charge on any atom is 0.248 e. The van der Waals surface area contributed by atoms with Crippen LogP contribution in [0.2, 0.25) is 0 Å². The van der Waals surface area contributed by atoms with Crippen LogP contribution in [-0.2, 0) is 13.0 Å². The van der Waals surface area contributed by atoms with E-state index in [4.69, 9.17) is 0 Å². The molecule has 4 rings (SSSR count). The van der Waals surface area contributed by atoms with Crippen molar-refractivity contribution in [1.29, 1.82) is 0 Å². The van der Waals surface area contributed by atoms with Crippen LogP contribution in [0.15, 0.2) is 35.4 Å². The lowest BCUT2D eigenvalue weighted by atomic mass is 10.1. The van der Waals surface area contributed by atoms with Crippen molar-refractivity contribution in [3.05, 3.63) is 64.0 Å². The molecule has 1 aromatic carbocycles. The summed E-state index contributed by atoms with van der Waals surface area (Å²) in [6.45, 7) is 4.60. The molecule has 0 saturated carbocycles. The zero-order valence-corrected chi connectivity index (χ0v) is 16.2. The Bertz CT molecular complexity index is 1250. The molecule has 0 unspecified atom stereocenters.